The molecule has 1 aromatic heterocycles. The number of hydrogen-bond acceptors (Lipinski definition) is 4. The zero-order valence-electron chi connectivity index (χ0n) is 7.79. The average Bonchev–Trinajstić information content (AvgIpc) is 2.45. The second-order valence-electron chi connectivity index (χ2n) is 2.94. The smallest absolute Gasteiger partial charge is 0.183 e. The number of rotatable bonds is 5. The highest BCUT2D eigenvalue weighted by Gasteiger charge is 1.99. The fourth-order valence-corrected chi connectivity index (χ4v) is 2.94. The van der Waals surface area contributed by atoms with Crippen LogP contribution in [0.2, 0.25) is 4.47 Å². The molecule has 2 nitrogen and oxygen atoms in total. The van der Waals surface area contributed by atoms with Crippen LogP contribution in [-0.4, -0.2) is 36.3 Å². The topological polar surface area (TPSA) is 16.1 Å². The Kier molecular flexibility index (Phi) is 5.09. The third-order valence-corrected chi connectivity index (χ3v) is 3.74. The van der Waals surface area contributed by atoms with E-state index in [4.69, 9.17) is 11.6 Å². The van der Waals surface area contributed by atoms with Crippen molar-refractivity contribution >= 4 is 34.7 Å². The molecule has 0 bridgehead atoms. The van der Waals surface area contributed by atoms with Crippen LogP contribution in [0.1, 0.15) is 4.88 Å². The molecule has 0 fully saturated rings. The molecule has 0 aliphatic heterocycles. The number of nitrogens with zero attached hydrogens (tertiary/aromatic N) is 2. The van der Waals surface area contributed by atoms with Crippen molar-refractivity contribution in [2.24, 2.45) is 0 Å². The molecule has 0 N–H and O–H groups in total. The van der Waals surface area contributed by atoms with Gasteiger partial charge in [-0.2, -0.15) is 11.8 Å². The van der Waals surface area contributed by atoms with E-state index < -0.39 is 0 Å². The van der Waals surface area contributed by atoms with E-state index in [1.54, 1.807) is 11.3 Å². The molecule has 1 rings (SSSR count). The summed E-state index contributed by atoms with van der Waals surface area (Å²) in [5.41, 5.74) is 0. The summed E-state index contributed by atoms with van der Waals surface area (Å²) in [6.07, 6.45) is 1.86. The third-order valence-electron chi connectivity index (χ3n) is 1.45. The van der Waals surface area contributed by atoms with Crippen molar-refractivity contribution in [1.29, 1.82) is 0 Å². The lowest BCUT2D eigenvalue weighted by Gasteiger charge is -2.07. The summed E-state index contributed by atoms with van der Waals surface area (Å²) in [7, 11) is 4.17. The molecule has 0 aliphatic carbocycles. The van der Waals surface area contributed by atoms with Crippen LogP contribution in [-0.2, 0) is 5.75 Å². The molecule has 0 aliphatic rings. The standard InChI is InChI=1S/C8H13ClN2S2/c1-11(2)3-4-12-6-7-5-10-8(9)13-7/h5H,3-4,6H2,1-2H3. The van der Waals surface area contributed by atoms with E-state index in [9.17, 15) is 0 Å². The third kappa shape index (κ3) is 4.86. The van der Waals surface area contributed by atoms with Crippen LogP contribution < -0.4 is 0 Å². The maximum Gasteiger partial charge on any atom is 0.183 e. The van der Waals surface area contributed by atoms with E-state index >= 15 is 0 Å². The van der Waals surface area contributed by atoms with Crippen molar-refractivity contribution < 1.29 is 0 Å². The molecule has 13 heavy (non-hydrogen) atoms. The summed E-state index contributed by atoms with van der Waals surface area (Å²) in [6, 6.07) is 0. The zero-order chi connectivity index (χ0) is 9.68. The fraction of sp³-hybridized carbons (Fsp3) is 0.625. The van der Waals surface area contributed by atoms with E-state index in [0.717, 1.165) is 18.1 Å². The maximum absolute atomic E-state index is 5.71. The highest BCUT2D eigenvalue weighted by Crippen LogP contribution is 2.22. The van der Waals surface area contributed by atoms with Crippen LogP contribution >= 0.6 is 34.7 Å². The Morgan fingerprint density at radius 3 is 2.92 bits per heavy atom. The minimum Gasteiger partial charge on any atom is -0.309 e. The van der Waals surface area contributed by atoms with Gasteiger partial charge in [0.2, 0.25) is 0 Å². The van der Waals surface area contributed by atoms with Crippen LogP contribution in [0, 0.1) is 0 Å². The highest BCUT2D eigenvalue weighted by molar-refractivity contribution is 7.98. The second-order valence-corrected chi connectivity index (χ2v) is 5.74. The Morgan fingerprint density at radius 2 is 2.38 bits per heavy atom. The van der Waals surface area contributed by atoms with Crippen molar-refractivity contribution in [3.63, 3.8) is 0 Å². The number of halogens is 1. The van der Waals surface area contributed by atoms with Crippen molar-refractivity contribution in [2.75, 3.05) is 26.4 Å². The van der Waals surface area contributed by atoms with E-state index in [2.05, 4.69) is 24.0 Å². The van der Waals surface area contributed by atoms with Crippen molar-refractivity contribution in [3.05, 3.63) is 15.5 Å². The number of thiazole rings is 1. The maximum atomic E-state index is 5.71. The van der Waals surface area contributed by atoms with Crippen molar-refractivity contribution in [1.82, 2.24) is 9.88 Å². The van der Waals surface area contributed by atoms with Gasteiger partial charge in [-0.05, 0) is 14.1 Å². The Labute approximate surface area is 92.3 Å². The lowest BCUT2D eigenvalue weighted by molar-refractivity contribution is 0.437. The van der Waals surface area contributed by atoms with E-state index in [0.29, 0.717) is 4.47 Å². The van der Waals surface area contributed by atoms with Gasteiger partial charge in [0.15, 0.2) is 4.47 Å². The SMILES string of the molecule is CN(C)CCSCc1cnc(Cl)s1. The Balaban J connectivity index is 2.13. The Hall–Kier alpha value is 0.230. The van der Waals surface area contributed by atoms with Gasteiger partial charge in [-0.3, -0.25) is 0 Å². The normalized spacial score (nSPS) is 11.1. The van der Waals surface area contributed by atoms with Gasteiger partial charge in [-0.15, -0.1) is 11.3 Å². The van der Waals surface area contributed by atoms with Crippen molar-refractivity contribution in [2.45, 2.75) is 5.75 Å². The van der Waals surface area contributed by atoms with Crippen LogP contribution in [0.5, 0.6) is 0 Å². The predicted octanol–water partition coefficient (Wildman–Crippen LogP) is 2.59. The molecule has 0 unspecified atom stereocenters. The van der Waals surface area contributed by atoms with E-state index in [-0.39, 0.29) is 0 Å². The largest absolute Gasteiger partial charge is 0.309 e. The van der Waals surface area contributed by atoms with Crippen LogP contribution in [0.3, 0.4) is 0 Å². The van der Waals surface area contributed by atoms with Gasteiger partial charge < -0.3 is 4.90 Å². The summed E-state index contributed by atoms with van der Waals surface area (Å²) in [6.45, 7) is 1.12. The van der Waals surface area contributed by atoms with Crippen LogP contribution in [0.25, 0.3) is 0 Å². The van der Waals surface area contributed by atoms with E-state index in [1.807, 2.05) is 18.0 Å². The lowest BCUT2D eigenvalue weighted by atomic mass is 10.6. The molecular weight excluding hydrogens is 224 g/mol. The molecular formula is C8H13ClN2S2. The van der Waals surface area contributed by atoms with Crippen molar-refractivity contribution in [3.8, 4) is 0 Å². The number of aromatic nitrogens is 1. The Morgan fingerprint density at radius 1 is 1.62 bits per heavy atom. The molecule has 5 heteroatoms. The predicted molar refractivity (Wildman–Crippen MR) is 61.8 cm³/mol. The number of thioether (sulfide) groups is 1. The second kappa shape index (κ2) is 5.86. The first kappa shape index (κ1) is 11.3. The van der Waals surface area contributed by atoms with Gasteiger partial charge in [0.05, 0.1) is 0 Å². The minimum absolute atomic E-state index is 0.642. The Bertz CT molecular complexity index is 250. The van der Waals surface area contributed by atoms with Crippen LogP contribution in [0.4, 0.5) is 0 Å². The monoisotopic (exact) mass is 236 g/mol. The summed E-state index contributed by atoms with van der Waals surface area (Å²) in [5.74, 6) is 2.18. The molecule has 74 valence electrons. The summed E-state index contributed by atoms with van der Waals surface area (Å²) in [4.78, 5) is 7.44. The molecule has 1 heterocycles. The molecule has 0 amide bonds. The average molecular weight is 237 g/mol. The number of hydrogen-bond donors (Lipinski definition) is 0. The molecule has 0 saturated carbocycles. The first-order valence-electron chi connectivity index (χ1n) is 4.01. The molecule has 0 spiro atoms. The summed E-state index contributed by atoms with van der Waals surface area (Å²) >= 11 is 9.20. The van der Waals surface area contributed by atoms with Gasteiger partial charge in [0.25, 0.3) is 0 Å². The highest BCUT2D eigenvalue weighted by atomic mass is 35.5. The summed E-state index contributed by atoms with van der Waals surface area (Å²) in [5, 5.41) is 0. The van der Waals surface area contributed by atoms with Gasteiger partial charge in [-0.1, -0.05) is 11.6 Å². The molecule has 1 aromatic rings. The fourth-order valence-electron chi connectivity index (χ4n) is 0.770. The van der Waals surface area contributed by atoms with Crippen LogP contribution in [0.15, 0.2) is 6.20 Å². The molecule has 0 saturated heterocycles. The van der Waals surface area contributed by atoms with E-state index in [1.165, 1.54) is 4.88 Å². The zero-order valence-corrected chi connectivity index (χ0v) is 10.2. The quantitative estimate of drug-likeness (QED) is 0.732. The molecule has 0 atom stereocenters. The van der Waals surface area contributed by atoms with Gasteiger partial charge >= 0.3 is 0 Å². The first-order chi connectivity index (χ1) is 6.18. The molecule has 0 radical (unpaired) electrons. The minimum atomic E-state index is 0.642. The first-order valence-corrected chi connectivity index (χ1v) is 6.36. The van der Waals surface area contributed by atoms with Gasteiger partial charge in [0, 0.05) is 29.1 Å². The van der Waals surface area contributed by atoms with Gasteiger partial charge in [0.1, 0.15) is 0 Å². The lowest BCUT2D eigenvalue weighted by Crippen LogP contribution is -2.14. The summed E-state index contributed by atoms with van der Waals surface area (Å²) < 4.78 is 0.642. The molecule has 0 aromatic carbocycles. The van der Waals surface area contributed by atoms with Gasteiger partial charge in [-0.25, -0.2) is 4.98 Å².